The highest BCUT2D eigenvalue weighted by atomic mass is 32.2. The van der Waals surface area contributed by atoms with Crippen LogP contribution in [0.25, 0.3) is 22.0 Å². The van der Waals surface area contributed by atoms with Crippen LogP contribution in [-0.2, 0) is 14.8 Å². The van der Waals surface area contributed by atoms with Crippen LogP contribution in [0.2, 0.25) is 0 Å². The zero-order valence-corrected chi connectivity index (χ0v) is 20.8. The van der Waals surface area contributed by atoms with Gasteiger partial charge in [-0.3, -0.25) is 0 Å². The third kappa shape index (κ3) is 4.34. The number of aromatic nitrogens is 1. The average molecular weight is 494 g/mol. The fraction of sp³-hybridized carbons (Fsp3) is 0.269. The van der Waals surface area contributed by atoms with E-state index in [9.17, 15) is 8.42 Å². The molecule has 0 amide bonds. The number of rotatable bonds is 5. The number of sulfonamides is 1. The molecule has 1 aliphatic heterocycles. The van der Waals surface area contributed by atoms with Crippen molar-refractivity contribution in [2.45, 2.75) is 24.8 Å². The van der Waals surface area contributed by atoms with Gasteiger partial charge in [0.2, 0.25) is 10.0 Å². The zero-order valence-electron chi connectivity index (χ0n) is 19.2. The Labute approximate surface area is 203 Å². The van der Waals surface area contributed by atoms with E-state index in [4.69, 9.17) is 9.73 Å². The molecule has 1 aliphatic rings. The van der Waals surface area contributed by atoms with Gasteiger partial charge in [0.05, 0.1) is 29.5 Å². The molecule has 2 heterocycles. The zero-order chi connectivity index (χ0) is 23.7. The number of thiazole rings is 1. The van der Waals surface area contributed by atoms with Gasteiger partial charge in [0, 0.05) is 30.1 Å². The molecule has 5 rings (SSSR count). The van der Waals surface area contributed by atoms with Crippen molar-refractivity contribution in [3.05, 3.63) is 76.9 Å². The van der Waals surface area contributed by atoms with Gasteiger partial charge < -0.3 is 9.30 Å². The summed E-state index contributed by atoms with van der Waals surface area (Å²) in [6.45, 7) is 5.93. The minimum absolute atomic E-state index is 0.208. The van der Waals surface area contributed by atoms with E-state index in [-0.39, 0.29) is 10.9 Å². The fourth-order valence-corrected chi connectivity index (χ4v) is 6.73. The summed E-state index contributed by atoms with van der Waals surface area (Å²) in [4.78, 5) is 6.04. The smallest absolute Gasteiger partial charge is 0.243 e. The van der Waals surface area contributed by atoms with Gasteiger partial charge in [0.15, 0.2) is 4.80 Å². The summed E-state index contributed by atoms with van der Waals surface area (Å²) >= 11 is 1.59. The van der Waals surface area contributed by atoms with E-state index in [0.29, 0.717) is 26.3 Å². The Kier molecular flexibility index (Phi) is 6.40. The molecule has 0 radical (unpaired) electrons. The van der Waals surface area contributed by atoms with Gasteiger partial charge in [-0.1, -0.05) is 42.5 Å². The Morgan fingerprint density at radius 2 is 1.65 bits per heavy atom. The lowest BCUT2D eigenvalue weighted by molar-refractivity contribution is 0.0730. The van der Waals surface area contributed by atoms with Gasteiger partial charge >= 0.3 is 0 Å². The van der Waals surface area contributed by atoms with Crippen LogP contribution in [0.3, 0.4) is 0 Å². The van der Waals surface area contributed by atoms with Gasteiger partial charge in [-0.2, -0.15) is 4.31 Å². The number of hydrogen-bond acceptors (Lipinski definition) is 5. The Hall–Kier alpha value is -2.78. The first-order valence-corrected chi connectivity index (χ1v) is 13.7. The van der Waals surface area contributed by atoms with E-state index < -0.39 is 10.0 Å². The number of benzene rings is 3. The van der Waals surface area contributed by atoms with Crippen LogP contribution in [0.4, 0.5) is 5.69 Å². The molecule has 6 nitrogen and oxygen atoms in total. The van der Waals surface area contributed by atoms with E-state index in [1.54, 1.807) is 35.6 Å². The van der Waals surface area contributed by atoms with Crippen molar-refractivity contribution in [2.75, 3.05) is 26.3 Å². The Balaban J connectivity index is 1.53. The highest BCUT2D eigenvalue weighted by molar-refractivity contribution is 7.89. The van der Waals surface area contributed by atoms with Gasteiger partial charge in [-0.05, 0) is 48.9 Å². The summed E-state index contributed by atoms with van der Waals surface area (Å²) in [5.74, 6) is 0. The highest BCUT2D eigenvalue weighted by Gasteiger charge is 2.26. The SMILES string of the molecule is CC(C)n1c(-c2cccc3ccccc23)csc1=Nc1ccc(S(=O)(=O)N2CCOCC2)cc1. The van der Waals surface area contributed by atoms with E-state index in [1.807, 2.05) is 0 Å². The molecule has 0 saturated carbocycles. The third-order valence-corrected chi connectivity index (χ3v) is 8.75. The number of ether oxygens (including phenoxy) is 1. The summed E-state index contributed by atoms with van der Waals surface area (Å²) in [6, 6.07) is 21.8. The second-order valence-corrected chi connectivity index (χ2v) is 11.3. The summed E-state index contributed by atoms with van der Waals surface area (Å²) < 4.78 is 34.8. The molecule has 0 bridgehead atoms. The largest absolute Gasteiger partial charge is 0.379 e. The Morgan fingerprint density at radius 1 is 0.941 bits per heavy atom. The number of hydrogen-bond donors (Lipinski definition) is 0. The standard InChI is InChI=1S/C26H27N3O3S2/c1-19(2)29-25(24-9-5-7-20-6-3-4-8-23(20)24)18-33-26(29)27-21-10-12-22(13-11-21)34(30,31)28-14-16-32-17-15-28/h3-13,18-19H,14-17H2,1-2H3. The minimum atomic E-state index is -3.52. The maximum Gasteiger partial charge on any atom is 0.243 e. The van der Waals surface area contributed by atoms with Crippen molar-refractivity contribution in [2.24, 2.45) is 4.99 Å². The molecule has 3 aromatic carbocycles. The second kappa shape index (κ2) is 9.46. The van der Waals surface area contributed by atoms with E-state index >= 15 is 0 Å². The van der Waals surface area contributed by atoms with Crippen molar-refractivity contribution >= 4 is 37.8 Å². The van der Waals surface area contributed by atoms with Crippen LogP contribution in [0.1, 0.15) is 19.9 Å². The quantitative estimate of drug-likeness (QED) is 0.384. The lowest BCUT2D eigenvalue weighted by atomic mass is 10.0. The van der Waals surface area contributed by atoms with Crippen LogP contribution in [0, 0.1) is 0 Å². The summed E-state index contributed by atoms with van der Waals surface area (Å²) in [7, 11) is -3.52. The molecule has 1 saturated heterocycles. The second-order valence-electron chi connectivity index (χ2n) is 8.52. The lowest BCUT2D eigenvalue weighted by Gasteiger charge is -2.26. The molecular formula is C26H27N3O3S2. The number of fused-ring (bicyclic) bond motifs is 1. The molecule has 1 aromatic heterocycles. The van der Waals surface area contributed by atoms with E-state index in [0.717, 1.165) is 16.2 Å². The molecular weight excluding hydrogens is 466 g/mol. The summed E-state index contributed by atoms with van der Waals surface area (Å²) in [6.07, 6.45) is 0. The molecule has 176 valence electrons. The van der Waals surface area contributed by atoms with E-state index in [1.165, 1.54) is 20.6 Å². The van der Waals surface area contributed by atoms with Crippen LogP contribution in [0.15, 0.2) is 82.0 Å². The number of morpholine rings is 1. The minimum Gasteiger partial charge on any atom is -0.379 e. The van der Waals surface area contributed by atoms with Crippen LogP contribution < -0.4 is 4.80 Å². The molecule has 0 unspecified atom stereocenters. The lowest BCUT2D eigenvalue weighted by Crippen LogP contribution is -2.40. The molecule has 0 N–H and O–H groups in total. The van der Waals surface area contributed by atoms with Gasteiger partial charge in [-0.15, -0.1) is 11.3 Å². The maximum atomic E-state index is 12.9. The Bertz CT molecular complexity index is 1470. The third-order valence-electron chi connectivity index (χ3n) is 5.99. The molecule has 0 aliphatic carbocycles. The first-order valence-electron chi connectivity index (χ1n) is 11.4. The molecule has 8 heteroatoms. The molecule has 1 fully saturated rings. The van der Waals surface area contributed by atoms with Crippen molar-refractivity contribution in [1.82, 2.24) is 8.87 Å². The summed E-state index contributed by atoms with van der Waals surface area (Å²) in [5.41, 5.74) is 3.03. The monoisotopic (exact) mass is 493 g/mol. The van der Waals surface area contributed by atoms with Gasteiger partial charge in [0.1, 0.15) is 0 Å². The normalized spacial score (nSPS) is 15.9. The van der Waals surface area contributed by atoms with E-state index in [2.05, 4.69) is 66.3 Å². The van der Waals surface area contributed by atoms with Crippen molar-refractivity contribution in [1.29, 1.82) is 0 Å². The van der Waals surface area contributed by atoms with Crippen LogP contribution >= 0.6 is 11.3 Å². The molecule has 4 aromatic rings. The van der Waals surface area contributed by atoms with Crippen molar-refractivity contribution in [3.8, 4) is 11.3 Å². The number of nitrogens with zero attached hydrogens (tertiary/aromatic N) is 3. The molecule has 34 heavy (non-hydrogen) atoms. The van der Waals surface area contributed by atoms with Crippen LogP contribution in [0.5, 0.6) is 0 Å². The first-order chi connectivity index (χ1) is 16.4. The van der Waals surface area contributed by atoms with Gasteiger partial charge in [0.25, 0.3) is 0 Å². The van der Waals surface area contributed by atoms with Crippen LogP contribution in [-0.4, -0.2) is 43.6 Å². The predicted molar refractivity (Wildman–Crippen MR) is 137 cm³/mol. The molecule has 0 atom stereocenters. The average Bonchev–Trinajstić information content (AvgIpc) is 3.28. The fourth-order valence-electron chi connectivity index (χ4n) is 4.29. The first kappa shape index (κ1) is 23.0. The predicted octanol–water partition coefficient (Wildman–Crippen LogP) is 5.20. The Morgan fingerprint density at radius 3 is 2.38 bits per heavy atom. The van der Waals surface area contributed by atoms with Crippen molar-refractivity contribution < 1.29 is 13.2 Å². The van der Waals surface area contributed by atoms with Crippen molar-refractivity contribution in [3.63, 3.8) is 0 Å². The molecule has 0 spiro atoms. The highest BCUT2D eigenvalue weighted by Crippen LogP contribution is 2.31. The maximum absolute atomic E-state index is 12.9. The van der Waals surface area contributed by atoms with Gasteiger partial charge in [-0.25, -0.2) is 13.4 Å². The topological polar surface area (TPSA) is 63.9 Å². The summed E-state index contributed by atoms with van der Waals surface area (Å²) in [5, 5.41) is 4.57.